The maximum absolute atomic E-state index is 13.2. The predicted molar refractivity (Wildman–Crippen MR) is 130 cm³/mol. The first-order chi connectivity index (χ1) is 16.1. The van der Waals surface area contributed by atoms with E-state index in [2.05, 4.69) is 10.2 Å². The Labute approximate surface area is 197 Å². The van der Waals surface area contributed by atoms with Gasteiger partial charge in [0, 0.05) is 47.9 Å². The van der Waals surface area contributed by atoms with Crippen molar-refractivity contribution in [2.75, 3.05) is 36.4 Å². The van der Waals surface area contributed by atoms with E-state index in [0.29, 0.717) is 18.8 Å². The lowest BCUT2D eigenvalue weighted by atomic mass is 10.2. The van der Waals surface area contributed by atoms with Gasteiger partial charge in [-0.05, 0) is 48.5 Å². The fourth-order valence-corrected chi connectivity index (χ4v) is 4.47. The summed E-state index contributed by atoms with van der Waals surface area (Å²) in [5.74, 6) is -0.687. The number of nitriles is 1. The normalized spacial score (nSPS) is 14.0. The zero-order valence-electron chi connectivity index (χ0n) is 17.9. The van der Waals surface area contributed by atoms with Gasteiger partial charge >= 0.3 is 0 Å². The van der Waals surface area contributed by atoms with E-state index in [1.54, 1.807) is 30.1 Å². The van der Waals surface area contributed by atoms with Crippen LogP contribution in [0.5, 0.6) is 0 Å². The Kier molecular flexibility index (Phi) is 7.28. The number of piperazine rings is 1. The lowest BCUT2D eigenvalue weighted by Gasteiger charge is -2.35. The summed E-state index contributed by atoms with van der Waals surface area (Å²) in [6.45, 7) is 2.77. The number of halogens is 1. The zero-order valence-corrected chi connectivity index (χ0v) is 18.8. The molecule has 1 saturated heterocycles. The molecule has 0 bridgehead atoms. The third-order valence-corrected chi connectivity index (χ3v) is 6.37. The van der Waals surface area contributed by atoms with Crippen LogP contribution in [0.15, 0.2) is 100 Å². The van der Waals surface area contributed by atoms with Crippen molar-refractivity contribution in [2.45, 2.75) is 9.79 Å². The number of carbonyl (C=O) groups excluding carboxylic acids is 1. The van der Waals surface area contributed by atoms with Gasteiger partial charge in [-0.1, -0.05) is 42.1 Å². The average molecular weight is 459 g/mol. The second kappa shape index (κ2) is 10.7. The van der Waals surface area contributed by atoms with Gasteiger partial charge in [0.05, 0.1) is 5.69 Å². The van der Waals surface area contributed by atoms with E-state index >= 15 is 0 Å². The average Bonchev–Trinajstić information content (AvgIpc) is 2.85. The molecule has 0 unspecified atom stereocenters. The Bertz CT molecular complexity index is 1170. The minimum atomic E-state index is -0.431. The highest BCUT2D eigenvalue weighted by Gasteiger charge is 2.18. The largest absolute Gasteiger partial charge is 0.373 e. The van der Waals surface area contributed by atoms with Gasteiger partial charge in [-0.25, -0.2) is 4.39 Å². The molecule has 1 heterocycles. The summed E-state index contributed by atoms with van der Waals surface area (Å²) < 4.78 is 13.2. The van der Waals surface area contributed by atoms with E-state index in [1.807, 2.05) is 65.6 Å². The Balaban J connectivity index is 1.40. The summed E-state index contributed by atoms with van der Waals surface area (Å²) in [5, 5.41) is 12.5. The number of benzene rings is 3. The number of nitrogens with one attached hydrogen (secondary N) is 1. The second-order valence-electron chi connectivity index (χ2n) is 7.52. The van der Waals surface area contributed by atoms with Gasteiger partial charge in [0.15, 0.2) is 0 Å². The number of rotatable bonds is 6. The van der Waals surface area contributed by atoms with Crippen molar-refractivity contribution in [1.82, 2.24) is 4.90 Å². The zero-order chi connectivity index (χ0) is 23.0. The van der Waals surface area contributed by atoms with Crippen LogP contribution in [-0.2, 0) is 4.79 Å². The van der Waals surface area contributed by atoms with Crippen LogP contribution in [0.3, 0.4) is 0 Å². The highest BCUT2D eigenvalue weighted by molar-refractivity contribution is 7.99. The number of para-hydroxylation sites is 1. The molecule has 0 spiro atoms. The van der Waals surface area contributed by atoms with Crippen LogP contribution >= 0.6 is 11.8 Å². The number of amides is 1. The van der Waals surface area contributed by atoms with Crippen LogP contribution in [0, 0.1) is 17.1 Å². The standard InChI is InChI=1S/C26H23FN4OS/c27-21-10-12-22(13-11-21)31-16-14-30(15-17-31)19-20(18-28)26(32)29-24-8-4-5-9-25(24)33-23-6-2-1-3-7-23/h1-13,19H,14-17H2,(H,29,32)/b20-19-. The smallest absolute Gasteiger partial charge is 0.267 e. The highest BCUT2D eigenvalue weighted by atomic mass is 32.2. The van der Waals surface area contributed by atoms with Crippen LogP contribution in [0.4, 0.5) is 15.8 Å². The van der Waals surface area contributed by atoms with Crippen molar-refractivity contribution in [3.63, 3.8) is 0 Å². The fourth-order valence-electron chi connectivity index (χ4n) is 3.55. The summed E-state index contributed by atoms with van der Waals surface area (Å²) in [5.41, 5.74) is 1.69. The van der Waals surface area contributed by atoms with Gasteiger partial charge in [-0.3, -0.25) is 4.79 Å². The van der Waals surface area contributed by atoms with Crippen molar-refractivity contribution in [1.29, 1.82) is 5.26 Å². The SMILES string of the molecule is N#C/C(=C/N1CCN(c2ccc(F)cc2)CC1)C(=O)Nc1ccccc1Sc1ccccc1. The molecule has 0 aromatic heterocycles. The second-order valence-corrected chi connectivity index (χ2v) is 8.63. The molecule has 3 aromatic carbocycles. The molecule has 5 nitrogen and oxygen atoms in total. The number of hydrogen-bond acceptors (Lipinski definition) is 5. The van der Waals surface area contributed by atoms with Crippen LogP contribution < -0.4 is 10.2 Å². The Morgan fingerprint density at radius 2 is 1.61 bits per heavy atom. The molecule has 0 atom stereocenters. The number of hydrogen-bond donors (Lipinski definition) is 1. The maximum Gasteiger partial charge on any atom is 0.267 e. The summed E-state index contributed by atoms with van der Waals surface area (Å²) in [6.07, 6.45) is 1.63. The molecule has 166 valence electrons. The van der Waals surface area contributed by atoms with Gasteiger partial charge < -0.3 is 15.1 Å². The van der Waals surface area contributed by atoms with E-state index in [-0.39, 0.29) is 11.4 Å². The molecule has 0 aliphatic carbocycles. The molecule has 3 aromatic rings. The first kappa shape index (κ1) is 22.4. The minimum absolute atomic E-state index is 0.0600. The Morgan fingerprint density at radius 3 is 2.30 bits per heavy atom. The van der Waals surface area contributed by atoms with E-state index in [1.165, 1.54) is 12.1 Å². The predicted octanol–water partition coefficient (Wildman–Crippen LogP) is 5.15. The van der Waals surface area contributed by atoms with E-state index in [0.717, 1.165) is 28.6 Å². The van der Waals surface area contributed by atoms with Gasteiger partial charge in [-0.15, -0.1) is 0 Å². The van der Waals surface area contributed by atoms with Crippen molar-refractivity contribution in [2.24, 2.45) is 0 Å². The summed E-state index contributed by atoms with van der Waals surface area (Å²) in [4.78, 5) is 19.0. The topological polar surface area (TPSA) is 59.4 Å². The quantitative estimate of drug-likeness (QED) is 0.409. The molecule has 1 N–H and O–H groups in total. The third kappa shape index (κ3) is 5.93. The molecule has 1 aliphatic rings. The number of carbonyl (C=O) groups is 1. The lowest BCUT2D eigenvalue weighted by molar-refractivity contribution is -0.112. The van der Waals surface area contributed by atoms with E-state index in [9.17, 15) is 14.4 Å². The maximum atomic E-state index is 13.2. The van der Waals surface area contributed by atoms with Gasteiger partial charge in [0.1, 0.15) is 17.5 Å². The lowest BCUT2D eigenvalue weighted by Crippen LogP contribution is -2.44. The molecule has 1 amide bonds. The summed E-state index contributed by atoms with van der Waals surface area (Å²) >= 11 is 1.55. The Morgan fingerprint density at radius 1 is 0.939 bits per heavy atom. The number of anilines is 2. The Hall–Kier alpha value is -3.76. The number of nitrogens with zero attached hydrogens (tertiary/aromatic N) is 3. The summed E-state index contributed by atoms with van der Waals surface area (Å²) in [6, 6.07) is 25.9. The minimum Gasteiger partial charge on any atom is -0.373 e. The molecule has 0 saturated carbocycles. The molecular weight excluding hydrogens is 435 g/mol. The fraction of sp³-hybridized carbons (Fsp3) is 0.154. The first-order valence-corrected chi connectivity index (χ1v) is 11.4. The monoisotopic (exact) mass is 458 g/mol. The van der Waals surface area contributed by atoms with Crippen molar-refractivity contribution < 1.29 is 9.18 Å². The van der Waals surface area contributed by atoms with E-state index in [4.69, 9.17) is 0 Å². The van der Waals surface area contributed by atoms with Crippen LogP contribution in [0.25, 0.3) is 0 Å². The molecule has 1 aliphatic heterocycles. The van der Waals surface area contributed by atoms with Crippen molar-refractivity contribution in [3.8, 4) is 6.07 Å². The molecule has 0 radical (unpaired) electrons. The molecule has 4 rings (SSSR count). The molecule has 33 heavy (non-hydrogen) atoms. The molecule has 7 heteroatoms. The van der Waals surface area contributed by atoms with Crippen LogP contribution in [-0.4, -0.2) is 37.0 Å². The van der Waals surface area contributed by atoms with Crippen LogP contribution in [0.2, 0.25) is 0 Å². The highest BCUT2D eigenvalue weighted by Crippen LogP contribution is 2.33. The van der Waals surface area contributed by atoms with E-state index < -0.39 is 5.91 Å². The molecule has 1 fully saturated rings. The van der Waals surface area contributed by atoms with Crippen molar-refractivity contribution >= 4 is 29.0 Å². The summed E-state index contributed by atoms with van der Waals surface area (Å²) in [7, 11) is 0. The van der Waals surface area contributed by atoms with Crippen molar-refractivity contribution in [3.05, 3.63) is 96.5 Å². The molecular formula is C26H23FN4OS. The first-order valence-electron chi connectivity index (χ1n) is 10.6. The van der Waals surface area contributed by atoms with Gasteiger partial charge in [0.25, 0.3) is 5.91 Å². The third-order valence-electron chi connectivity index (χ3n) is 5.29. The van der Waals surface area contributed by atoms with Gasteiger partial charge in [-0.2, -0.15) is 5.26 Å². The van der Waals surface area contributed by atoms with Gasteiger partial charge in [0.2, 0.25) is 0 Å². The van der Waals surface area contributed by atoms with Crippen LogP contribution in [0.1, 0.15) is 0 Å².